The van der Waals surface area contributed by atoms with E-state index in [0.29, 0.717) is 13.0 Å². The van der Waals surface area contributed by atoms with Crippen LogP contribution in [0, 0.1) is 0 Å². The van der Waals surface area contributed by atoms with E-state index in [2.05, 4.69) is 23.2 Å². The van der Waals surface area contributed by atoms with Crippen molar-refractivity contribution in [1.82, 2.24) is 9.58 Å². The number of aromatic hydroxyl groups is 1. The fourth-order valence-corrected chi connectivity index (χ4v) is 6.32. The van der Waals surface area contributed by atoms with E-state index in [0.717, 1.165) is 33.1 Å². The van der Waals surface area contributed by atoms with Crippen molar-refractivity contribution in [1.29, 1.82) is 0 Å². The van der Waals surface area contributed by atoms with Gasteiger partial charge in [-0.1, -0.05) is 43.3 Å². The summed E-state index contributed by atoms with van der Waals surface area (Å²) in [6.07, 6.45) is 6.19. The van der Waals surface area contributed by atoms with Crippen molar-refractivity contribution in [3.05, 3.63) is 99.5 Å². The molecule has 2 atom stereocenters. The second-order valence-corrected chi connectivity index (χ2v) is 9.87. The molecule has 0 spiro atoms. The molecular weight excluding hydrogens is 462 g/mol. The molecule has 178 valence electrons. The van der Waals surface area contributed by atoms with Gasteiger partial charge in [0.15, 0.2) is 11.4 Å². The van der Waals surface area contributed by atoms with Crippen molar-refractivity contribution in [3.63, 3.8) is 0 Å². The Hall–Kier alpha value is -3.65. The third-order valence-electron chi connectivity index (χ3n) is 6.93. The van der Waals surface area contributed by atoms with Crippen molar-refractivity contribution >= 4 is 17.7 Å². The van der Waals surface area contributed by atoms with E-state index in [1.54, 1.807) is 27.5 Å². The highest BCUT2D eigenvalue weighted by atomic mass is 32.2. The minimum Gasteiger partial charge on any atom is -0.502 e. The van der Waals surface area contributed by atoms with Gasteiger partial charge < -0.3 is 14.7 Å². The molecule has 0 fully saturated rings. The summed E-state index contributed by atoms with van der Waals surface area (Å²) in [4.78, 5) is 29.0. The zero-order valence-electron chi connectivity index (χ0n) is 19.3. The molecule has 0 unspecified atom stereocenters. The molecule has 1 aromatic heterocycles. The van der Waals surface area contributed by atoms with E-state index in [1.165, 1.54) is 6.07 Å². The molecule has 0 saturated heterocycles. The molecule has 1 amide bonds. The van der Waals surface area contributed by atoms with Crippen LogP contribution in [0.5, 0.6) is 11.5 Å². The van der Waals surface area contributed by atoms with Crippen LogP contribution in [0.2, 0.25) is 0 Å². The van der Waals surface area contributed by atoms with E-state index >= 15 is 0 Å². The van der Waals surface area contributed by atoms with E-state index in [4.69, 9.17) is 4.74 Å². The molecular formula is C27H25N3O4S. The fourth-order valence-electron chi connectivity index (χ4n) is 5.24. The molecule has 7 nitrogen and oxygen atoms in total. The number of hydrogen-bond donors (Lipinski definition) is 1. The fraction of sp³-hybridized carbons (Fsp3) is 0.259. The molecule has 3 aliphatic rings. The van der Waals surface area contributed by atoms with Gasteiger partial charge in [-0.05, 0) is 35.8 Å². The normalized spacial score (nSPS) is 21.6. The number of fused-ring (bicyclic) bond motifs is 7. The van der Waals surface area contributed by atoms with Crippen LogP contribution >= 0.6 is 11.8 Å². The Bertz CT molecular complexity index is 1420. The maximum atomic E-state index is 13.7. The molecule has 3 aromatic rings. The number of amides is 1. The number of nitrogens with zero attached hydrogens (tertiary/aromatic N) is 3. The molecule has 1 N–H and O–H groups in total. The van der Waals surface area contributed by atoms with E-state index in [9.17, 15) is 14.7 Å². The Balaban J connectivity index is 1.69. The number of thioether (sulfide) groups is 1. The molecule has 0 aliphatic carbocycles. The lowest BCUT2D eigenvalue weighted by Crippen LogP contribution is -2.57. The first kappa shape index (κ1) is 21.9. The quantitative estimate of drug-likeness (QED) is 0.523. The Labute approximate surface area is 207 Å². The molecule has 2 aromatic carbocycles. The Morgan fingerprint density at radius 1 is 1.11 bits per heavy atom. The zero-order valence-corrected chi connectivity index (χ0v) is 20.1. The second kappa shape index (κ2) is 8.53. The summed E-state index contributed by atoms with van der Waals surface area (Å²) in [7, 11) is 0. The number of carbonyl (C=O) groups excluding carboxylic acids is 1. The summed E-state index contributed by atoms with van der Waals surface area (Å²) in [5.41, 5.74) is 2.70. The number of ether oxygens (including phenoxy) is 1. The highest BCUT2D eigenvalue weighted by molar-refractivity contribution is 7.98. The average molecular weight is 488 g/mol. The van der Waals surface area contributed by atoms with Crippen LogP contribution in [0.3, 0.4) is 0 Å². The summed E-state index contributed by atoms with van der Waals surface area (Å²) in [5, 5.41) is 12.9. The van der Waals surface area contributed by atoms with Gasteiger partial charge in [0.1, 0.15) is 25.1 Å². The number of rotatable bonds is 1. The van der Waals surface area contributed by atoms with Gasteiger partial charge in [-0.2, -0.15) is 0 Å². The van der Waals surface area contributed by atoms with Crippen LogP contribution in [0.4, 0.5) is 0 Å². The van der Waals surface area contributed by atoms with Crippen molar-refractivity contribution in [2.45, 2.75) is 36.1 Å². The van der Waals surface area contributed by atoms with Gasteiger partial charge in [0.05, 0.1) is 6.04 Å². The van der Waals surface area contributed by atoms with E-state index in [1.807, 2.05) is 43.3 Å². The van der Waals surface area contributed by atoms with E-state index in [-0.39, 0.29) is 30.4 Å². The van der Waals surface area contributed by atoms with Crippen molar-refractivity contribution in [3.8, 4) is 11.5 Å². The predicted octanol–water partition coefficient (Wildman–Crippen LogP) is 4.03. The molecule has 35 heavy (non-hydrogen) atoms. The second-order valence-electron chi connectivity index (χ2n) is 8.85. The largest absolute Gasteiger partial charge is 0.502 e. The van der Waals surface area contributed by atoms with Crippen LogP contribution in [0.15, 0.2) is 76.6 Å². The summed E-state index contributed by atoms with van der Waals surface area (Å²) >= 11 is 1.77. The predicted molar refractivity (Wildman–Crippen MR) is 135 cm³/mol. The van der Waals surface area contributed by atoms with Crippen LogP contribution in [-0.4, -0.2) is 39.9 Å². The minimum absolute atomic E-state index is 0.0100. The molecule has 0 radical (unpaired) electrons. The number of benzene rings is 2. The van der Waals surface area contributed by atoms with Crippen LogP contribution < -0.4 is 15.2 Å². The van der Waals surface area contributed by atoms with Crippen molar-refractivity contribution in [2.24, 2.45) is 0 Å². The summed E-state index contributed by atoms with van der Waals surface area (Å²) in [5.74, 6) is 0.686. The first-order valence-corrected chi connectivity index (χ1v) is 12.7. The van der Waals surface area contributed by atoms with Gasteiger partial charge >= 0.3 is 0 Å². The summed E-state index contributed by atoms with van der Waals surface area (Å²) in [6, 6.07) is 15.2. The third-order valence-corrected chi connectivity index (χ3v) is 8.07. The monoisotopic (exact) mass is 487 g/mol. The van der Waals surface area contributed by atoms with Gasteiger partial charge in [0, 0.05) is 28.5 Å². The first-order valence-electron chi connectivity index (χ1n) is 11.7. The minimum atomic E-state index is -0.569. The molecule has 3 aliphatic heterocycles. The van der Waals surface area contributed by atoms with Gasteiger partial charge in [-0.25, -0.2) is 0 Å². The zero-order chi connectivity index (χ0) is 24.1. The number of carbonyl (C=O) groups is 1. The van der Waals surface area contributed by atoms with Gasteiger partial charge in [0.25, 0.3) is 5.91 Å². The lowest BCUT2D eigenvalue weighted by molar-refractivity contribution is 0.0625. The Morgan fingerprint density at radius 3 is 2.83 bits per heavy atom. The average Bonchev–Trinajstić information content (AvgIpc) is 3.05. The molecule has 8 heteroatoms. The molecule has 6 rings (SSSR count). The van der Waals surface area contributed by atoms with Gasteiger partial charge in [0.2, 0.25) is 5.43 Å². The summed E-state index contributed by atoms with van der Waals surface area (Å²) < 4.78 is 7.96. The van der Waals surface area contributed by atoms with E-state index < -0.39 is 11.2 Å². The summed E-state index contributed by atoms with van der Waals surface area (Å²) in [6.45, 7) is 2.69. The smallest absolute Gasteiger partial charge is 0.278 e. The van der Waals surface area contributed by atoms with Crippen molar-refractivity contribution in [2.75, 3.05) is 18.3 Å². The highest BCUT2D eigenvalue weighted by Gasteiger charge is 2.41. The lowest BCUT2D eigenvalue weighted by Gasteiger charge is -2.46. The maximum Gasteiger partial charge on any atom is 0.278 e. The van der Waals surface area contributed by atoms with Gasteiger partial charge in [-0.3, -0.25) is 19.3 Å². The lowest BCUT2D eigenvalue weighted by atomic mass is 9.93. The first-order chi connectivity index (χ1) is 17.1. The van der Waals surface area contributed by atoms with Crippen molar-refractivity contribution < 1.29 is 14.6 Å². The third kappa shape index (κ3) is 3.43. The standard InChI is InChI=1S/C27H25N3O4S/c1-2-18-8-6-14-34-21-10-5-7-17-15-35-22-11-4-3-9-19(22)24(23(17)21)30-16-28(18)27(33)25-26(32)20(31)12-13-29(25)30/h3-13,18,24,32H,2,14-16H2,1H3/b8-6+/t18-,24+/m0/s1. The maximum absolute atomic E-state index is 13.7. The van der Waals surface area contributed by atoms with Crippen LogP contribution in [0.25, 0.3) is 0 Å². The van der Waals surface area contributed by atoms with Crippen LogP contribution in [0.1, 0.15) is 46.6 Å². The number of hydrogen-bond acceptors (Lipinski definition) is 6. The molecule has 4 heterocycles. The highest BCUT2D eigenvalue weighted by Crippen LogP contribution is 2.46. The van der Waals surface area contributed by atoms with Crippen LogP contribution in [-0.2, 0) is 5.75 Å². The topological polar surface area (TPSA) is 75.0 Å². The van der Waals surface area contributed by atoms with Gasteiger partial charge in [-0.15, -0.1) is 11.8 Å². The molecule has 0 saturated carbocycles. The Kier molecular flexibility index (Phi) is 5.33. The number of pyridine rings is 1. The number of aromatic nitrogens is 1. The SMILES string of the molecule is CC[C@H]1/C=C/COc2cccc3c2[C@@H](c2ccccc2SC3)N2CN1C(=O)c1c(O)c(=O)ccn12. The molecule has 2 bridgehead atoms. The Morgan fingerprint density at radius 2 is 1.97 bits per heavy atom.